The van der Waals surface area contributed by atoms with Gasteiger partial charge in [0.15, 0.2) is 0 Å². The van der Waals surface area contributed by atoms with Crippen LogP contribution in [0.25, 0.3) is 0 Å². The molecule has 0 heterocycles. The largest absolute Gasteiger partial charge is 0.486 e. The summed E-state index contributed by atoms with van der Waals surface area (Å²) >= 11 is 11.9. The summed E-state index contributed by atoms with van der Waals surface area (Å²) in [5.74, 6) is 0.634. The van der Waals surface area contributed by atoms with Crippen LogP contribution in [0.1, 0.15) is 6.42 Å². The molecule has 0 saturated carbocycles. The van der Waals surface area contributed by atoms with Crippen LogP contribution in [0.2, 0.25) is 10.0 Å². The number of halogens is 3. The maximum atomic E-state index is 6.04. The van der Waals surface area contributed by atoms with Crippen molar-refractivity contribution in [1.29, 1.82) is 0 Å². The van der Waals surface area contributed by atoms with Crippen molar-refractivity contribution in [1.82, 2.24) is 5.32 Å². The Hall–Kier alpha value is -0.190. The Labute approximate surface area is 124 Å². The Morgan fingerprint density at radius 2 is 2.06 bits per heavy atom. The summed E-state index contributed by atoms with van der Waals surface area (Å²) in [5, 5.41) is 4.19. The molecule has 18 heavy (non-hydrogen) atoms. The van der Waals surface area contributed by atoms with Gasteiger partial charge in [-0.3, -0.25) is 0 Å². The highest BCUT2D eigenvalue weighted by molar-refractivity contribution is 6.35. The molecule has 3 nitrogen and oxygen atoms in total. The van der Waals surface area contributed by atoms with E-state index in [0.717, 1.165) is 13.0 Å². The minimum Gasteiger partial charge on any atom is -0.486 e. The molecule has 0 aliphatic carbocycles. The van der Waals surface area contributed by atoms with E-state index in [1.165, 1.54) is 0 Å². The Morgan fingerprint density at radius 3 is 2.61 bits per heavy atom. The summed E-state index contributed by atoms with van der Waals surface area (Å²) in [7, 11) is 3.55. The third-order valence-electron chi connectivity index (χ3n) is 2.26. The number of rotatable bonds is 7. The fraction of sp³-hybridized carbons (Fsp3) is 0.500. The van der Waals surface area contributed by atoms with Gasteiger partial charge in [0.1, 0.15) is 11.9 Å². The fourth-order valence-electron chi connectivity index (χ4n) is 1.42. The lowest BCUT2D eigenvalue weighted by molar-refractivity contribution is 0.0762. The average molecular weight is 315 g/mol. The van der Waals surface area contributed by atoms with Crippen LogP contribution in [0, 0.1) is 0 Å². The summed E-state index contributed by atoms with van der Waals surface area (Å²) in [6.45, 7) is 1.39. The first-order valence-corrected chi connectivity index (χ1v) is 6.18. The lowest BCUT2D eigenvalue weighted by Gasteiger charge is -2.19. The highest BCUT2D eigenvalue weighted by Crippen LogP contribution is 2.28. The molecule has 1 aromatic rings. The van der Waals surface area contributed by atoms with Gasteiger partial charge < -0.3 is 14.8 Å². The van der Waals surface area contributed by atoms with E-state index in [1.807, 2.05) is 7.05 Å². The zero-order chi connectivity index (χ0) is 12.7. The fourth-order valence-corrected chi connectivity index (χ4v) is 1.87. The minimum absolute atomic E-state index is 0. The molecule has 0 aliphatic heterocycles. The molecule has 1 rings (SSSR count). The van der Waals surface area contributed by atoms with Crippen LogP contribution < -0.4 is 10.1 Å². The third-order valence-corrected chi connectivity index (χ3v) is 2.79. The van der Waals surface area contributed by atoms with Crippen molar-refractivity contribution < 1.29 is 9.47 Å². The van der Waals surface area contributed by atoms with E-state index in [2.05, 4.69) is 5.32 Å². The van der Waals surface area contributed by atoms with Crippen molar-refractivity contribution in [3.8, 4) is 5.75 Å². The Bertz CT molecular complexity index is 350. The van der Waals surface area contributed by atoms with Crippen molar-refractivity contribution in [2.75, 3.05) is 27.3 Å². The lowest BCUT2D eigenvalue weighted by atomic mass is 10.2. The maximum Gasteiger partial charge on any atom is 0.138 e. The van der Waals surface area contributed by atoms with Crippen molar-refractivity contribution >= 4 is 35.6 Å². The van der Waals surface area contributed by atoms with E-state index in [1.54, 1.807) is 25.3 Å². The molecular weight excluding hydrogens is 296 g/mol. The van der Waals surface area contributed by atoms with Gasteiger partial charge in [-0.05, 0) is 38.2 Å². The predicted octanol–water partition coefficient (Wildman–Crippen LogP) is 3.42. The summed E-state index contributed by atoms with van der Waals surface area (Å²) < 4.78 is 10.9. The Balaban J connectivity index is 0.00000289. The first kappa shape index (κ1) is 17.8. The summed E-state index contributed by atoms with van der Waals surface area (Å²) in [5.41, 5.74) is 0. The molecule has 0 radical (unpaired) electrons. The van der Waals surface area contributed by atoms with Crippen molar-refractivity contribution in [3.05, 3.63) is 28.2 Å². The molecule has 0 amide bonds. The van der Waals surface area contributed by atoms with E-state index >= 15 is 0 Å². The number of methoxy groups -OCH3 is 1. The lowest BCUT2D eigenvalue weighted by Crippen LogP contribution is -2.26. The van der Waals surface area contributed by atoms with Gasteiger partial charge in [-0.2, -0.15) is 0 Å². The van der Waals surface area contributed by atoms with Crippen LogP contribution in [0.5, 0.6) is 5.75 Å². The zero-order valence-electron chi connectivity index (χ0n) is 10.4. The average Bonchev–Trinajstić information content (AvgIpc) is 2.29. The van der Waals surface area contributed by atoms with Gasteiger partial charge in [-0.15, -0.1) is 12.4 Å². The van der Waals surface area contributed by atoms with Crippen LogP contribution in [0.3, 0.4) is 0 Å². The number of nitrogens with one attached hydrogen (secondary N) is 1. The molecule has 0 fully saturated rings. The highest BCUT2D eigenvalue weighted by Gasteiger charge is 2.12. The topological polar surface area (TPSA) is 30.5 Å². The SMILES string of the molecule is CNCCC(COC)Oc1ccc(Cl)cc1Cl.Cl. The van der Waals surface area contributed by atoms with Crippen LogP contribution in [0.15, 0.2) is 18.2 Å². The molecular formula is C12H18Cl3NO2. The van der Waals surface area contributed by atoms with Gasteiger partial charge >= 0.3 is 0 Å². The van der Waals surface area contributed by atoms with Crippen molar-refractivity contribution in [2.24, 2.45) is 0 Å². The molecule has 1 unspecified atom stereocenters. The van der Waals surface area contributed by atoms with E-state index in [-0.39, 0.29) is 18.5 Å². The third kappa shape index (κ3) is 6.12. The predicted molar refractivity (Wildman–Crippen MR) is 78.5 cm³/mol. The molecule has 0 aromatic heterocycles. The molecule has 6 heteroatoms. The van der Waals surface area contributed by atoms with E-state index < -0.39 is 0 Å². The second kappa shape index (κ2) is 9.70. The van der Waals surface area contributed by atoms with Gasteiger partial charge in [0.25, 0.3) is 0 Å². The van der Waals surface area contributed by atoms with Gasteiger partial charge in [-0.1, -0.05) is 23.2 Å². The molecule has 0 bridgehead atoms. The standard InChI is InChI=1S/C12H17Cl2NO2.ClH/c1-15-6-5-10(8-16-2)17-12-4-3-9(13)7-11(12)14;/h3-4,7,10,15H,5-6,8H2,1-2H3;1H. The Morgan fingerprint density at radius 1 is 1.33 bits per heavy atom. The maximum absolute atomic E-state index is 6.04. The van der Waals surface area contributed by atoms with E-state index in [0.29, 0.717) is 22.4 Å². The number of benzene rings is 1. The molecule has 0 aliphatic rings. The highest BCUT2D eigenvalue weighted by atomic mass is 35.5. The number of hydrogen-bond acceptors (Lipinski definition) is 3. The van der Waals surface area contributed by atoms with Gasteiger partial charge in [0.05, 0.1) is 11.6 Å². The number of ether oxygens (including phenoxy) is 2. The zero-order valence-corrected chi connectivity index (χ0v) is 12.7. The summed E-state index contributed by atoms with van der Waals surface area (Å²) in [6, 6.07) is 5.19. The Kier molecular flexibility index (Phi) is 9.60. The van der Waals surface area contributed by atoms with Crippen LogP contribution >= 0.6 is 35.6 Å². The van der Waals surface area contributed by atoms with E-state index in [4.69, 9.17) is 32.7 Å². The second-order valence-electron chi connectivity index (χ2n) is 3.66. The van der Waals surface area contributed by atoms with Gasteiger partial charge in [0.2, 0.25) is 0 Å². The molecule has 1 aromatic carbocycles. The molecule has 0 saturated heterocycles. The van der Waals surface area contributed by atoms with Gasteiger partial charge in [0, 0.05) is 12.1 Å². The monoisotopic (exact) mass is 313 g/mol. The summed E-state index contributed by atoms with van der Waals surface area (Å²) in [6.07, 6.45) is 0.828. The molecule has 1 N–H and O–H groups in total. The van der Waals surface area contributed by atoms with Crippen molar-refractivity contribution in [3.63, 3.8) is 0 Å². The van der Waals surface area contributed by atoms with Crippen LogP contribution in [-0.4, -0.2) is 33.4 Å². The molecule has 104 valence electrons. The molecule has 1 atom stereocenters. The first-order valence-electron chi connectivity index (χ1n) is 5.42. The minimum atomic E-state index is -0.0221. The van der Waals surface area contributed by atoms with E-state index in [9.17, 15) is 0 Å². The quantitative estimate of drug-likeness (QED) is 0.836. The molecule has 0 spiro atoms. The number of hydrogen-bond donors (Lipinski definition) is 1. The smallest absolute Gasteiger partial charge is 0.138 e. The van der Waals surface area contributed by atoms with Crippen molar-refractivity contribution in [2.45, 2.75) is 12.5 Å². The van der Waals surface area contributed by atoms with Crippen LogP contribution in [-0.2, 0) is 4.74 Å². The van der Waals surface area contributed by atoms with Crippen LogP contribution in [0.4, 0.5) is 0 Å². The second-order valence-corrected chi connectivity index (χ2v) is 4.51. The normalized spacial score (nSPS) is 11.8. The first-order chi connectivity index (χ1) is 8.17. The van der Waals surface area contributed by atoms with Gasteiger partial charge in [-0.25, -0.2) is 0 Å². The summed E-state index contributed by atoms with van der Waals surface area (Å²) in [4.78, 5) is 0.